The molecule has 4 aromatic rings. The van der Waals surface area contributed by atoms with Crippen LogP contribution in [0.1, 0.15) is 28.8 Å². The SMILES string of the molecule is CCOc1ccc(N(Cc2nc3nc(C)cc(=O)n3[nH]2)C(=O)c2ccccc2)cc1. The van der Waals surface area contributed by atoms with Gasteiger partial charge in [0.15, 0.2) is 0 Å². The van der Waals surface area contributed by atoms with Gasteiger partial charge in [-0.15, -0.1) is 0 Å². The van der Waals surface area contributed by atoms with Crippen LogP contribution in [0, 0.1) is 6.92 Å². The largest absolute Gasteiger partial charge is 0.494 e. The summed E-state index contributed by atoms with van der Waals surface area (Å²) in [5, 5.41) is 2.94. The van der Waals surface area contributed by atoms with E-state index in [1.165, 1.54) is 10.6 Å². The van der Waals surface area contributed by atoms with Crippen LogP contribution in [-0.4, -0.2) is 32.1 Å². The van der Waals surface area contributed by atoms with Gasteiger partial charge in [-0.25, -0.2) is 4.98 Å². The Balaban J connectivity index is 1.72. The molecule has 1 amide bonds. The van der Waals surface area contributed by atoms with Crippen LogP contribution < -0.4 is 15.2 Å². The number of H-pyrrole nitrogens is 1. The molecule has 152 valence electrons. The van der Waals surface area contributed by atoms with E-state index in [-0.39, 0.29) is 23.8 Å². The smallest absolute Gasteiger partial charge is 0.274 e. The first kappa shape index (κ1) is 19.4. The summed E-state index contributed by atoms with van der Waals surface area (Å²) in [5.74, 6) is 1.26. The average Bonchev–Trinajstić information content (AvgIpc) is 3.16. The summed E-state index contributed by atoms with van der Waals surface area (Å²) in [5.41, 5.74) is 1.57. The van der Waals surface area contributed by atoms with Crippen molar-refractivity contribution in [1.29, 1.82) is 0 Å². The monoisotopic (exact) mass is 403 g/mol. The first-order chi connectivity index (χ1) is 14.5. The van der Waals surface area contributed by atoms with Crippen molar-refractivity contribution in [3.05, 3.63) is 88.1 Å². The van der Waals surface area contributed by atoms with Crippen molar-refractivity contribution in [1.82, 2.24) is 19.6 Å². The molecule has 0 unspecified atom stereocenters. The maximum absolute atomic E-state index is 13.3. The Labute approximate surface area is 172 Å². The standard InChI is InChI=1S/C22H21N5O3/c1-3-30-18-11-9-17(10-12-18)26(21(29)16-7-5-4-6-8-16)14-19-24-22-23-15(2)13-20(28)27(22)25-19/h4-13H,3,14H2,1-2H3,(H,23,24,25). The highest BCUT2D eigenvalue weighted by molar-refractivity contribution is 6.05. The lowest BCUT2D eigenvalue weighted by atomic mass is 10.1. The van der Waals surface area contributed by atoms with Crippen molar-refractivity contribution >= 4 is 17.4 Å². The summed E-state index contributed by atoms with van der Waals surface area (Å²) in [7, 11) is 0. The second kappa shape index (κ2) is 8.20. The Morgan fingerprint density at radius 1 is 1.10 bits per heavy atom. The molecule has 2 aromatic carbocycles. The molecular formula is C22H21N5O3. The molecule has 8 nitrogen and oxygen atoms in total. The second-order valence-electron chi connectivity index (χ2n) is 6.73. The molecule has 0 aliphatic heterocycles. The molecule has 8 heteroatoms. The Kier molecular flexibility index (Phi) is 5.30. The number of aromatic amines is 1. The number of hydrogen-bond donors (Lipinski definition) is 1. The number of aryl methyl sites for hydroxylation is 1. The first-order valence-corrected chi connectivity index (χ1v) is 9.60. The van der Waals surface area contributed by atoms with Gasteiger partial charge in [-0.3, -0.25) is 14.7 Å². The normalized spacial score (nSPS) is 10.9. The molecule has 0 saturated carbocycles. The van der Waals surface area contributed by atoms with E-state index in [9.17, 15) is 9.59 Å². The van der Waals surface area contributed by atoms with E-state index in [1.54, 1.807) is 24.0 Å². The van der Waals surface area contributed by atoms with Gasteiger partial charge in [-0.05, 0) is 50.2 Å². The van der Waals surface area contributed by atoms with E-state index < -0.39 is 0 Å². The zero-order valence-electron chi connectivity index (χ0n) is 16.7. The van der Waals surface area contributed by atoms with Crippen LogP contribution in [0.3, 0.4) is 0 Å². The highest BCUT2D eigenvalue weighted by Gasteiger charge is 2.20. The molecule has 0 aliphatic carbocycles. The van der Waals surface area contributed by atoms with Gasteiger partial charge in [0, 0.05) is 23.0 Å². The minimum absolute atomic E-state index is 0.142. The van der Waals surface area contributed by atoms with Crippen LogP contribution in [0.5, 0.6) is 5.75 Å². The molecule has 0 spiro atoms. The minimum atomic E-state index is -0.252. The lowest BCUT2D eigenvalue weighted by molar-refractivity contribution is 0.0984. The number of anilines is 1. The van der Waals surface area contributed by atoms with Crippen molar-refractivity contribution in [3.8, 4) is 5.75 Å². The Morgan fingerprint density at radius 3 is 2.53 bits per heavy atom. The Bertz CT molecular complexity index is 1230. The van der Waals surface area contributed by atoms with Gasteiger partial charge < -0.3 is 9.64 Å². The fourth-order valence-electron chi connectivity index (χ4n) is 3.16. The van der Waals surface area contributed by atoms with Gasteiger partial charge in [0.05, 0.1) is 13.2 Å². The average molecular weight is 403 g/mol. The van der Waals surface area contributed by atoms with Crippen LogP contribution in [0.15, 0.2) is 65.5 Å². The summed E-state index contributed by atoms with van der Waals surface area (Å²) in [4.78, 5) is 35.7. The maximum atomic E-state index is 13.3. The molecule has 0 aliphatic rings. The number of nitrogens with zero attached hydrogens (tertiary/aromatic N) is 4. The molecule has 0 fully saturated rings. The Morgan fingerprint density at radius 2 is 1.83 bits per heavy atom. The van der Waals surface area contributed by atoms with E-state index in [4.69, 9.17) is 4.74 Å². The van der Waals surface area contributed by atoms with Crippen molar-refractivity contribution in [2.75, 3.05) is 11.5 Å². The first-order valence-electron chi connectivity index (χ1n) is 9.60. The summed E-state index contributed by atoms with van der Waals surface area (Å²) in [6.07, 6.45) is 0. The van der Waals surface area contributed by atoms with Crippen molar-refractivity contribution in [2.24, 2.45) is 0 Å². The van der Waals surface area contributed by atoms with Gasteiger partial charge in [0.25, 0.3) is 17.2 Å². The van der Waals surface area contributed by atoms with Gasteiger partial charge in [0.1, 0.15) is 11.6 Å². The fraction of sp³-hybridized carbons (Fsp3) is 0.182. The minimum Gasteiger partial charge on any atom is -0.494 e. The number of fused-ring (bicyclic) bond motifs is 1. The van der Waals surface area contributed by atoms with Crippen LogP contribution in [0.2, 0.25) is 0 Å². The summed E-state index contributed by atoms with van der Waals surface area (Å²) >= 11 is 0. The second-order valence-corrected chi connectivity index (χ2v) is 6.73. The predicted molar refractivity (Wildman–Crippen MR) is 113 cm³/mol. The van der Waals surface area contributed by atoms with Crippen LogP contribution >= 0.6 is 0 Å². The predicted octanol–water partition coefficient (Wildman–Crippen LogP) is 2.97. The molecule has 0 bridgehead atoms. The number of carbonyl (C=O) groups is 1. The van der Waals surface area contributed by atoms with Crippen molar-refractivity contribution in [2.45, 2.75) is 20.4 Å². The number of aromatic nitrogens is 4. The molecule has 2 heterocycles. The van der Waals surface area contributed by atoms with Gasteiger partial charge in [0.2, 0.25) is 0 Å². The number of hydrogen-bond acceptors (Lipinski definition) is 5. The van der Waals surface area contributed by atoms with Crippen LogP contribution in [0.4, 0.5) is 5.69 Å². The summed E-state index contributed by atoms with van der Waals surface area (Å²) in [6, 6.07) is 17.7. The quantitative estimate of drug-likeness (QED) is 0.534. The third-order valence-corrected chi connectivity index (χ3v) is 4.54. The van der Waals surface area contributed by atoms with Crippen molar-refractivity contribution in [3.63, 3.8) is 0 Å². The lowest BCUT2D eigenvalue weighted by Crippen LogP contribution is -2.31. The number of benzene rings is 2. The van der Waals surface area contributed by atoms with Gasteiger partial charge in [-0.1, -0.05) is 18.2 Å². The van der Waals surface area contributed by atoms with Crippen LogP contribution in [-0.2, 0) is 6.54 Å². The van der Waals surface area contributed by atoms with Gasteiger partial charge in [-0.2, -0.15) is 9.50 Å². The third-order valence-electron chi connectivity index (χ3n) is 4.54. The molecule has 0 radical (unpaired) electrons. The topological polar surface area (TPSA) is 92.6 Å². The van der Waals surface area contributed by atoms with E-state index in [0.717, 1.165) is 5.75 Å². The maximum Gasteiger partial charge on any atom is 0.274 e. The highest BCUT2D eigenvalue weighted by atomic mass is 16.5. The van der Waals surface area contributed by atoms with Crippen LogP contribution in [0.25, 0.3) is 5.78 Å². The Hall–Kier alpha value is -3.94. The number of nitrogens with one attached hydrogen (secondary N) is 1. The molecular weight excluding hydrogens is 382 g/mol. The number of amides is 1. The molecule has 0 atom stereocenters. The number of rotatable bonds is 6. The van der Waals surface area contributed by atoms with Crippen molar-refractivity contribution < 1.29 is 9.53 Å². The van der Waals surface area contributed by atoms with E-state index >= 15 is 0 Å². The zero-order valence-corrected chi connectivity index (χ0v) is 16.7. The van der Waals surface area contributed by atoms with E-state index in [1.807, 2.05) is 49.4 Å². The van der Waals surface area contributed by atoms with Gasteiger partial charge >= 0.3 is 0 Å². The molecule has 4 rings (SSSR count). The molecule has 2 aromatic heterocycles. The van der Waals surface area contributed by atoms with E-state index in [0.29, 0.717) is 29.4 Å². The number of carbonyl (C=O) groups excluding carboxylic acids is 1. The zero-order chi connectivity index (χ0) is 21.1. The molecule has 30 heavy (non-hydrogen) atoms. The third kappa shape index (κ3) is 3.93. The lowest BCUT2D eigenvalue weighted by Gasteiger charge is -2.22. The number of ether oxygens (including phenoxy) is 1. The molecule has 0 saturated heterocycles. The highest BCUT2D eigenvalue weighted by Crippen LogP contribution is 2.23. The summed E-state index contributed by atoms with van der Waals surface area (Å²) < 4.78 is 6.77. The van der Waals surface area contributed by atoms with E-state index in [2.05, 4.69) is 15.1 Å². The summed E-state index contributed by atoms with van der Waals surface area (Å²) in [6.45, 7) is 4.36. The fourth-order valence-corrected chi connectivity index (χ4v) is 3.16. The molecule has 1 N–H and O–H groups in total.